The number of methoxy groups -OCH3 is 1. The van der Waals surface area contributed by atoms with Gasteiger partial charge in [-0.15, -0.1) is 0 Å². The topological polar surface area (TPSA) is 67.9 Å². The first-order valence-corrected chi connectivity index (χ1v) is 12.9. The number of halogens is 3. The molecule has 0 saturated carbocycles. The van der Waals surface area contributed by atoms with Gasteiger partial charge in [0.25, 0.3) is 11.8 Å². The van der Waals surface area contributed by atoms with Crippen LogP contribution in [0.4, 0.5) is 18.9 Å². The highest BCUT2D eigenvalue weighted by atomic mass is 32.2. The maximum atomic E-state index is 13.1. The molecule has 2 amide bonds. The van der Waals surface area contributed by atoms with Gasteiger partial charge in [0.2, 0.25) is 0 Å². The Kier molecular flexibility index (Phi) is 8.61. The zero-order valence-electron chi connectivity index (χ0n) is 20.8. The standard InChI is InChI=1S/C28H23F3N2O4S2/c1-17(19-7-4-3-5-8-19)33-26(35)24(39-27(33)38)14-18-11-12-22(23(13-18)36-2)37-16-25(34)32-21-10-6-9-20(15-21)28(29,30)31/h3-15,17H,16H2,1-2H3,(H,32,34)/b24-14-/t17-/m1/s1. The van der Waals surface area contributed by atoms with Gasteiger partial charge in [0.1, 0.15) is 4.32 Å². The monoisotopic (exact) mass is 572 g/mol. The molecule has 1 saturated heterocycles. The fourth-order valence-corrected chi connectivity index (χ4v) is 5.27. The number of benzene rings is 3. The van der Waals surface area contributed by atoms with Gasteiger partial charge in [-0.1, -0.05) is 66.4 Å². The first-order chi connectivity index (χ1) is 18.6. The van der Waals surface area contributed by atoms with Crippen LogP contribution in [0.5, 0.6) is 11.5 Å². The van der Waals surface area contributed by atoms with Crippen LogP contribution in [0.3, 0.4) is 0 Å². The Bertz CT molecular complexity index is 1430. The molecule has 6 nitrogen and oxygen atoms in total. The smallest absolute Gasteiger partial charge is 0.416 e. The fourth-order valence-electron chi connectivity index (χ4n) is 3.85. The van der Waals surface area contributed by atoms with E-state index < -0.39 is 24.3 Å². The van der Waals surface area contributed by atoms with E-state index in [1.807, 2.05) is 37.3 Å². The maximum absolute atomic E-state index is 13.1. The molecule has 39 heavy (non-hydrogen) atoms. The summed E-state index contributed by atoms with van der Waals surface area (Å²) < 4.78 is 50.1. The maximum Gasteiger partial charge on any atom is 0.416 e. The lowest BCUT2D eigenvalue weighted by Gasteiger charge is -2.23. The van der Waals surface area contributed by atoms with E-state index in [0.717, 1.165) is 17.7 Å². The predicted molar refractivity (Wildman–Crippen MR) is 148 cm³/mol. The Balaban J connectivity index is 1.42. The number of alkyl halides is 3. The summed E-state index contributed by atoms with van der Waals surface area (Å²) in [5, 5.41) is 2.38. The molecule has 1 atom stereocenters. The highest BCUT2D eigenvalue weighted by Gasteiger charge is 2.36. The van der Waals surface area contributed by atoms with Gasteiger partial charge >= 0.3 is 6.18 Å². The number of carbonyl (C=O) groups is 2. The number of amides is 2. The van der Waals surface area contributed by atoms with Crippen molar-refractivity contribution in [2.75, 3.05) is 19.0 Å². The molecule has 3 aromatic rings. The summed E-state index contributed by atoms with van der Waals surface area (Å²) in [5.41, 5.74) is 0.750. The number of ether oxygens (including phenoxy) is 2. The summed E-state index contributed by atoms with van der Waals surface area (Å²) in [6.07, 6.45) is -2.82. The van der Waals surface area contributed by atoms with Crippen LogP contribution in [0.15, 0.2) is 77.7 Å². The molecule has 0 radical (unpaired) electrons. The molecule has 0 bridgehead atoms. The Morgan fingerprint density at radius 2 is 1.82 bits per heavy atom. The summed E-state index contributed by atoms with van der Waals surface area (Å²) in [6, 6.07) is 18.6. The molecule has 1 fully saturated rings. The van der Waals surface area contributed by atoms with Crippen molar-refractivity contribution in [1.82, 2.24) is 4.90 Å². The molecule has 0 aliphatic carbocycles. The van der Waals surface area contributed by atoms with E-state index >= 15 is 0 Å². The molecule has 1 heterocycles. The number of anilines is 1. The van der Waals surface area contributed by atoms with Crippen molar-refractivity contribution in [2.24, 2.45) is 0 Å². The van der Waals surface area contributed by atoms with Gasteiger partial charge in [0, 0.05) is 5.69 Å². The Labute approximate surface area is 232 Å². The first kappa shape index (κ1) is 28.2. The Hall–Kier alpha value is -3.83. The fraction of sp³-hybridized carbons (Fsp3) is 0.179. The minimum absolute atomic E-state index is 0.000338. The molecular weight excluding hydrogens is 549 g/mol. The first-order valence-electron chi connectivity index (χ1n) is 11.7. The number of rotatable bonds is 8. The minimum atomic E-state index is -4.52. The third kappa shape index (κ3) is 6.79. The average Bonchev–Trinajstić information content (AvgIpc) is 3.19. The summed E-state index contributed by atoms with van der Waals surface area (Å²) in [6.45, 7) is 1.46. The molecule has 0 spiro atoms. The van der Waals surface area contributed by atoms with Crippen LogP contribution in [0.1, 0.15) is 29.7 Å². The summed E-state index contributed by atoms with van der Waals surface area (Å²) in [5.74, 6) is -0.286. The van der Waals surface area contributed by atoms with Crippen LogP contribution in [0.25, 0.3) is 6.08 Å². The third-order valence-corrected chi connectivity index (χ3v) is 7.14. The number of thiocarbonyl (C=S) groups is 1. The number of thioether (sulfide) groups is 1. The normalized spacial score (nSPS) is 15.4. The number of nitrogens with one attached hydrogen (secondary N) is 1. The van der Waals surface area contributed by atoms with Crippen molar-refractivity contribution < 1.29 is 32.2 Å². The summed E-state index contributed by atoms with van der Waals surface area (Å²) >= 11 is 6.68. The molecule has 3 aromatic carbocycles. The zero-order valence-corrected chi connectivity index (χ0v) is 22.5. The lowest BCUT2D eigenvalue weighted by Crippen LogP contribution is -2.30. The van der Waals surface area contributed by atoms with Crippen molar-refractivity contribution >= 4 is 51.9 Å². The van der Waals surface area contributed by atoms with E-state index in [1.165, 1.54) is 31.0 Å². The molecule has 11 heteroatoms. The van der Waals surface area contributed by atoms with Crippen LogP contribution in [0.2, 0.25) is 0 Å². The van der Waals surface area contributed by atoms with Gasteiger partial charge in [-0.2, -0.15) is 13.2 Å². The second kappa shape index (κ2) is 11.9. The second-order valence-electron chi connectivity index (χ2n) is 8.46. The van der Waals surface area contributed by atoms with Crippen molar-refractivity contribution in [3.63, 3.8) is 0 Å². The lowest BCUT2D eigenvalue weighted by atomic mass is 10.1. The van der Waals surface area contributed by atoms with Gasteiger partial charge in [0.15, 0.2) is 18.1 Å². The predicted octanol–water partition coefficient (Wildman–Crippen LogP) is 6.69. The molecule has 1 aliphatic heterocycles. The SMILES string of the molecule is COc1cc(/C=C2\SC(=S)N([C@H](C)c3ccccc3)C2=O)ccc1OCC(=O)Nc1cccc(C(F)(F)F)c1. The molecule has 0 aromatic heterocycles. The number of hydrogen-bond donors (Lipinski definition) is 1. The Morgan fingerprint density at radius 3 is 2.51 bits per heavy atom. The van der Waals surface area contributed by atoms with Crippen molar-refractivity contribution in [3.05, 3.63) is 94.4 Å². The van der Waals surface area contributed by atoms with Crippen LogP contribution >= 0.6 is 24.0 Å². The van der Waals surface area contributed by atoms with E-state index in [1.54, 1.807) is 29.2 Å². The van der Waals surface area contributed by atoms with Crippen LogP contribution in [0, 0.1) is 0 Å². The van der Waals surface area contributed by atoms with Gasteiger partial charge in [0.05, 0.1) is 23.6 Å². The number of nitrogens with zero attached hydrogens (tertiary/aromatic N) is 1. The molecule has 1 aliphatic rings. The van der Waals surface area contributed by atoms with Gasteiger partial charge in [-0.3, -0.25) is 14.5 Å². The number of hydrogen-bond acceptors (Lipinski definition) is 6. The quantitative estimate of drug-likeness (QED) is 0.240. The van der Waals surface area contributed by atoms with E-state index in [2.05, 4.69) is 5.32 Å². The van der Waals surface area contributed by atoms with E-state index in [9.17, 15) is 22.8 Å². The number of carbonyl (C=O) groups excluding carboxylic acids is 2. The second-order valence-corrected chi connectivity index (χ2v) is 10.1. The van der Waals surface area contributed by atoms with Crippen LogP contribution in [-0.2, 0) is 15.8 Å². The van der Waals surface area contributed by atoms with Gasteiger partial charge in [-0.05, 0) is 54.5 Å². The Morgan fingerprint density at radius 1 is 1.08 bits per heavy atom. The average molecular weight is 573 g/mol. The summed E-state index contributed by atoms with van der Waals surface area (Å²) in [7, 11) is 1.43. The minimum Gasteiger partial charge on any atom is -0.493 e. The zero-order chi connectivity index (χ0) is 28.2. The van der Waals surface area contributed by atoms with E-state index in [-0.39, 0.29) is 23.4 Å². The molecular formula is C28H23F3N2O4S2. The van der Waals surface area contributed by atoms with Crippen LogP contribution in [-0.4, -0.2) is 34.8 Å². The molecule has 202 valence electrons. The largest absolute Gasteiger partial charge is 0.493 e. The highest BCUT2D eigenvalue weighted by molar-refractivity contribution is 8.26. The van der Waals surface area contributed by atoms with Crippen molar-refractivity contribution in [1.29, 1.82) is 0 Å². The molecule has 0 unspecified atom stereocenters. The van der Waals surface area contributed by atoms with E-state index in [0.29, 0.717) is 20.5 Å². The molecule has 4 rings (SSSR count). The van der Waals surface area contributed by atoms with Gasteiger partial charge < -0.3 is 14.8 Å². The highest BCUT2D eigenvalue weighted by Crippen LogP contribution is 2.39. The van der Waals surface area contributed by atoms with Crippen LogP contribution < -0.4 is 14.8 Å². The third-order valence-electron chi connectivity index (χ3n) is 5.81. The lowest BCUT2D eigenvalue weighted by molar-refractivity contribution is -0.137. The summed E-state index contributed by atoms with van der Waals surface area (Å²) in [4.78, 5) is 27.5. The van der Waals surface area contributed by atoms with E-state index in [4.69, 9.17) is 21.7 Å². The molecule has 1 N–H and O–H groups in total. The van der Waals surface area contributed by atoms with Crippen molar-refractivity contribution in [3.8, 4) is 11.5 Å². The van der Waals surface area contributed by atoms with Crippen molar-refractivity contribution in [2.45, 2.75) is 19.1 Å². The van der Waals surface area contributed by atoms with Gasteiger partial charge in [-0.25, -0.2) is 0 Å².